The van der Waals surface area contributed by atoms with Gasteiger partial charge in [0.05, 0.1) is 5.69 Å². The second kappa shape index (κ2) is 5.09. The van der Waals surface area contributed by atoms with E-state index in [4.69, 9.17) is 5.73 Å². The van der Waals surface area contributed by atoms with Crippen LogP contribution in [0, 0.1) is 19.7 Å². The van der Waals surface area contributed by atoms with E-state index in [1.165, 1.54) is 18.3 Å². The maximum absolute atomic E-state index is 13.5. The molecule has 0 bridgehead atoms. The van der Waals surface area contributed by atoms with Gasteiger partial charge < -0.3 is 5.73 Å². The summed E-state index contributed by atoms with van der Waals surface area (Å²) in [5.41, 5.74) is 8.04. The number of aromatic nitrogens is 1. The Morgan fingerprint density at radius 3 is 2.60 bits per heavy atom. The highest BCUT2D eigenvalue weighted by molar-refractivity contribution is 7.92. The zero-order valence-corrected chi connectivity index (χ0v) is 11.8. The van der Waals surface area contributed by atoms with Gasteiger partial charge >= 0.3 is 0 Å². The molecule has 3 N–H and O–H groups in total. The summed E-state index contributed by atoms with van der Waals surface area (Å²) in [5.74, 6) is -0.905. The number of halogens is 1. The van der Waals surface area contributed by atoms with Crippen molar-refractivity contribution in [2.45, 2.75) is 18.9 Å². The van der Waals surface area contributed by atoms with Crippen molar-refractivity contribution in [2.75, 3.05) is 10.5 Å². The van der Waals surface area contributed by atoms with Crippen molar-refractivity contribution in [3.63, 3.8) is 0 Å². The summed E-state index contributed by atoms with van der Waals surface area (Å²) in [6, 6.07) is 5.62. The lowest BCUT2D eigenvalue weighted by atomic mass is 10.1. The summed E-state index contributed by atoms with van der Waals surface area (Å²) in [6.07, 6.45) is 1.22. The Hall–Kier alpha value is -2.15. The Balaban J connectivity index is 2.44. The van der Waals surface area contributed by atoms with Crippen LogP contribution in [-0.4, -0.2) is 13.4 Å². The van der Waals surface area contributed by atoms with Crippen molar-refractivity contribution in [2.24, 2.45) is 0 Å². The third-order valence-electron chi connectivity index (χ3n) is 2.84. The molecule has 2 aromatic rings. The number of sulfonamides is 1. The van der Waals surface area contributed by atoms with Crippen LogP contribution in [0.1, 0.15) is 11.1 Å². The second-order valence-corrected chi connectivity index (χ2v) is 6.02. The van der Waals surface area contributed by atoms with Gasteiger partial charge in [0, 0.05) is 11.9 Å². The van der Waals surface area contributed by atoms with Crippen molar-refractivity contribution >= 4 is 21.4 Å². The lowest BCUT2D eigenvalue weighted by molar-refractivity contribution is 0.557. The van der Waals surface area contributed by atoms with E-state index in [1.807, 2.05) is 6.92 Å². The summed E-state index contributed by atoms with van der Waals surface area (Å²) < 4.78 is 40.1. The van der Waals surface area contributed by atoms with Crippen LogP contribution in [-0.2, 0) is 10.0 Å². The molecule has 0 unspecified atom stereocenters. The zero-order valence-electron chi connectivity index (χ0n) is 11.0. The van der Waals surface area contributed by atoms with Crippen LogP contribution in [0.5, 0.6) is 0 Å². The highest BCUT2D eigenvalue weighted by atomic mass is 32.2. The number of hydrogen-bond acceptors (Lipinski definition) is 4. The Labute approximate surface area is 116 Å². The lowest BCUT2D eigenvalue weighted by Gasteiger charge is -2.12. The summed E-state index contributed by atoms with van der Waals surface area (Å²) in [7, 11) is -4.09. The van der Waals surface area contributed by atoms with Gasteiger partial charge in [-0.3, -0.25) is 4.72 Å². The molecule has 0 atom stereocenters. The minimum atomic E-state index is -4.09. The lowest BCUT2D eigenvalue weighted by Crippen LogP contribution is -2.17. The number of nitrogen functional groups attached to an aromatic ring is 1. The van der Waals surface area contributed by atoms with Crippen LogP contribution in [0.4, 0.5) is 15.8 Å². The Morgan fingerprint density at radius 1 is 1.25 bits per heavy atom. The minimum Gasteiger partial charge on any atom is -0.398 e. The molecular weight excluding hydrogens is 281 g/mol. The molecule has 0 aliphatic heterocycles. The predicted octanol–water partition coefficient (Wildman–Crippen LogP) is 2.22. The fraction of sp³-hybridized carbons (Fsp3) is 0.154. The molecule has 5 nitrogen and oxygen atoms in total. The fourth-order valence-corrected chi connectivity index (χ4v) is 2.87. The van der Waals surface area contributed by atoms with Gasteiger partial charge in [0.2, 0.25) is 5.03 Å². The van der Waals surface area contributed by atoms with Crippen LogP contribution >= 0.6 is 0 Å². The largest absolute Gasteiger partial charge is 0.398 e. The highest BCUT2D eigenvalue weighted by Crippen LogP contribution is 2.25. The quantitative estimate of drug-likeness (QED) is 0.850. The summed E-state index contributed by atoms with van der Waals surface area (Å²) in [6.45, 7) is 3.55. The molecule has 20 heavy (non-hydrogen) atoms. The molecule has 0 radical (unpaired) electrons. The average molecular weight is 295 g/mol. The van der Waals surface area contributed by atoms with E-state index in [-0.39, 0.29) is 0 Å². The minimum absolute atomic E-state index is 0.304. The maximum Gasteiger partial charge on any atom is 0.282 e. The normalized spacial score (nSPS) is 11.3. The molecule has 1 heterocycles. The van der Waals surface area contributed by atoms with Crippen molar-refractivity contribution in [1.29, 1.82) is 0 Å². The van der Waals surface area contributed by atoms with Gasteiger partial charge in [0.15, 0.2) is 5.82 Å². The molecule has 0 saturated carbocycles. The molecule has 1 aromatic heterocycles. The molecule has 7 heteroatoms. The number of anilines is 2. The third kappa shape index (κ3) is 2.72. The molecule has 106 valence electrons. The highest BCUT2D eigenvalue weighted by Gasteiger charge is 2.21. The van der Waals surface area contributed by atoms with E-state index >= 15 is 0 Å². The Morgan fingerprint density at radius 2 is 1.95 bits per heavy atom. The van der Waals surface area contributed by atoms with E-state index in [9.17, 15) is 12.8 Å². The molecule has 0 aliphatic rings. The van der Waals surface area contributed by atoms with Gasteiger partial charge in [-0.15, -0.1) is 0 Å². The van der Waals surface area contributed by atoms with Crippen LogP contribution in [0.15, 0.2) is 35.5 Å². The SMILES string of the molecule is Cc1cc(C)c(NS(=O)(=O)c2ncccc2F)cc1N. The first kappa shape index (κ1) is 14.3. The van der Waals surface area contributed by atoms with E-state index in [0.717, 1.165) is 11.6 Å². The van der Waals surface area contributed by atoms with Crippen molar-refractivity contribution in [1.82, 2.24) is 4.98 Å². The van der Waals surface area contributed by atoms with Gasteiger partial charge in [-0.05, 0) is 43.2 Å². The van der Waals surface area contributed by atoms with Gasteiger partial charge in [-0.2, -0.15) is 8.42 Å². The molecule has 0 spiro atoms. The van der Waals surface area contributed by atoms with Crippen molar-refractivity contribution in [3.05, 3.63) is 47.4 Å². The smallest absolute Gasteiger partial charge is 0.282 e. The first-order chi connectivity index (χ1) is 9.31. The first-order valence-electron chi connectivity index (χ1n) is 5.81. The molecule has 0 amide bonds. The molecule has 0 fully saturated rings. The predicted molar refractivity (Wildman–Crippen MR) is 75.3 cm³/mol. The molecule has 0 aliphatic carbocycles. The van der Waals surface area contributed by atoms with Gasteiger partial charge in [-0.25, -0.2) is 9.37 Å². The molecular formula is C13H14FN3O2S. The Bertz CT molecular complexity index is 760. The Kier molecular flexibility index (Phi) is 3.63. The average Bonchev–Trinajstić information content (AvgIpc) is 2.36. The van der Waals surface area contributed by atoms with Gasteiger partial charge in [0.1, 0.15) is 0 Å². The van der Waals surface area contributed by atoms with Crippen molar-refractivity contribution in [3.8, 4) is 0 Å². The topological polar surface area (TPSA) is 85.1 Å². The number of rotatable bonds is 3. The second-order valence-electron chi connectivity index (χ2n) is 4.42. The zero-order chi connectivity index (χ0) is 14.9. The molecule has 1 aromatic carbocycles. The number of aryl methyl sites for hydroxylation is 2. The standard InChI is InChI=1S/C13H14FN3O2S/c1-8-6-9(2)12(7-11(8)15)17-20(18,19)13-10(14)4-3-5-16-13/h3-7,17H,15H2,1-2H3. The molecule has 0 saturated heterocycles. The fourth-order valence-electron chi connectivity index (χ4n) is 1.74. The van der Waals surface area contributed by atoms with Crippen LogP contribution in [0.2, 0.25) is 0 Å². The van der Waals surface area contributed by atoms with Crippen LogP contribution < -0.4 is 10.5 Å². The number of hydrogen-bond donors (Lipinski definition) is 2. The third-order valence-corrected chi connectivity index (χ3v) is 4.13. The summed E-state index contributed by atoms with van der Waals surface area (Å²) in [5, 5.41) is -0.640. The van der Waals surface area contributed by atoms with E-state index in [1.54, 1.807) is 13.0 Å². The number of pyridine rings is 1. The van der Waals surface area contributed by atoms with E-state index in [2.05, 4.69) is 9.71 Å². The number of nitrogens with two attached hydrogens (primary N) is 1. The van der Waals surface area contributed by atoms with E-state index in [0.29, 0.717) is 16.9 Å². The monoisotopic (exact) mass is 295 g/mol. The van der Waals surface area contributed by atoms with E-state index < -0.39 is 20.9 Å². The maximum atomic E-state index is 13.5. The number of nitrogens with zero attached hydrogens (tertiary/aromatic N) is 1. The first-order valence-corrected chi connectivity index (χ1v) is 7.29. The van der Waals surface area contributed by atoms with Crippen molar-refractivity contribution < 1.29 is 12.8 Å². The summed E-state index contributed by atoms with van der Waals surface area (Å²) in [4.78, 5) is 3.56. The molecule has 2 rings (SSSR count). The van der Waals surface area contributed by atoms with Crippen LogP contribution in [0.25, 0.3) is 0 Å². The van der Waals surface area contributed by atoms with Crippen LogP contribution in [0.3, 0.4) is 0 Å². The van der Waals surface area contributed by atoms with Gasteiger partial charge in [-0.1, -0.05) is 6.07 Å². The number of benzene rings is 1. The summed E-state index contributed by atoms with van der Waals surface area (Å²) >= 11 is 0. The van der Waals surface area contributed by atoms with Gasteiger partial charge in [0.25, 0.3) is 10.0 Å². The number of nitrogens with one attached hydrogen (secondary N) is 1.